The van der Waals surface area contributed by atoms with Gasteiger partial charge in [-0.15, -0.1) is 0 Å². The molecule has 1 aliphatic rings. The van der Waals surface area contributed by atoms with E-state index in [2.05, 4.69) is 14.9 Å². The first-order valence-electron chi connectivity index (χ1n) is 9.10. The average Bonchev–Trinajstić information content (AvgIpc) is 3.11. The summed E-state index contributed by atoms with van der Waals surface area (Å²) in [5.41, 5.74) is 1.51. The first-order valence-corrected chi connectivity index (χ1v) is 10.6. The van der Waals surface area contributed by atoms with Crippen LogP contribution in [0.3, 0.4) is 0 Å². The van der Waals surface area contributed by atoms with Crippen LogP contribution >= 0.6 is 0 Å². The molecule has 2 N–H and O–H groups in total. The number of fused-ring (bicyclic) bond motifs is 1. The van der Waals surface area contributed by atoms with Gasteiger partial charge in [-0.05, 0) is 30.7 Å². The number of sulfonamides is 1. The van der Waals surface area contributed by atoms with Gasteiger partial charge in [0.25, 0.3) is 10.0 Å². The van der Waals surface area contributed by atoms with E-state index in [1.54, 1.807) is 25.1 Å². The van der Waals surface area contributed by atoms with Crippen molar-refractivity contribution in [1.82, 2.24) is 10.2 Å². The number of hydrogen-bond acceptors (Lipinski definition) is 8. The van der Waals surface area contributed by atoms with E-state index in [0.29, 0.717) is 41.5 Å². The number of nitro benzene ring substituents is 1. The smallest absolute Gasteiger partial charge is 0.310 e. The number of aromatic nitrogens is 2. The molecule has 0 aliphatic carbocycles. The second-order valence-corrected chi connectivity index (χ2v) is 8.31. The van der Waals surface area contributed by atoms with Crippen LogP contribution in [0.2, 0.25) is 0 Å². The maximum Gasteiger partial charge on any atom is 0.310 e. The molecule has 0 spiro atoms. The van der Waals surface area contributed by atoms with Gasteiger partial charge in [0.2, 0.25) is 0 Å². The van der Waals surface area contributed by atoms with Crippen LogP contribution in [-0.4, -0.2) is 43.9 Å². The fraction of sp³-hybridized carbons (Fsp3) is 0.211. The fourth-order valence-electron chi connectivity index (χ4n) is 3.22. The number of hydrogen-bond donors (Lipinski definition) is 2. The first-order chi connectivity index (χ1) is 14.8. The highest BCUT2D eigenvalue weighted by Crippen LogP contribution is 2.38. The maximum absolute atomic E-state index is 12.9. The molecule has 0 fully saturated rings. The van der Waals surface area contributed by atoms with Gasteiger partial charge in [0.05, 0.1) is 16.9 Å². The number of nitrogens with zero attached hydrogens (tertiary/aromatic N) is 2. The molecular weight excluding hydrogens is 428 g/mol. The number of benzene rings is 2. The van der Waals surface area contributed by atoms with E-state index < -0.39 is 14.9 Å². The van der Waals surface area contributed by atoms with Crippen molar-refractivity contribution in [2.45, 2.75) is 11.8 Å². The molecule has 1 aliphatic heterocycles. The molecule has 2 heterocycles. The lowest BCUT2D eigenvalue weighted by Crippen LogP contribution is -2.15. The quantitative estimate of drug-likeness (QED) is 0.434. The van der Waals surface area contributed by atoms with Gasteiger partial charge in [-0.3, -0.25) is 19.9 Å². The molecule has 0 saturated heterocycles. The third kappa shape index (κ3) is 3.84. The Bertz CT molecular complexity index is 1270. The lowest BCUT2D eigenvalue weighted by molar-refractivity contribution is -0.385. The highest BCUT2D eigenvalue weighted by atomic mass is 32.2. The monoisotopic (exact) mass is 446 g/mol. The summed E-state index contributed by atoms with van der Waals surface area (Å²) in [4.78, 5) is 10.2. The van der Waals surface area contributed by atoms with Gasteiger partial charge in [-0.2, -0.15) is 5.10 Å². The second-order valence-electron chi connectivity index (χ2n) is 6.63. The summed E-state index contributed by atoms with van der Waals surface area (Å²) in [5, 5.41) is 17.9. The van der Waals surface area contributed by atoms with Crippen molar-refractivity contribution in [3.63, 3.8) is 0 Å². The third-order valence-corrected chi connectivity index (χ3v) is 6.00. The number of aromatic amines is 1. The van der Waals surface area contributed by atoms with Crippen LogP contribution in [0.1, 0.15) is 5.69 Å². The molecule has 2 aromatic carbocycles. The van der Waals surface area contributed by atoms with Crippen LogP contribution < -0.4 is 18.9 Å². The van der Waals surface area contributed by atoms with Crippen LogP contribution in [0.15, 0.2) is 41.3 Å². The topological polar surface area (TPSA) is 146 Å². The minimum absolute atomic E-state index is 0.0755. The zero-order chi connectivity index (χ0) is 22.2. The minimum atomic E-state index is -4.11. The molecule has 12 heteroatoms. The summed E-state index contributed by atoms with van der Waals surface area (Å²) in [6.45, 7) is 2.63. The zero-order valence-electron chi connectivity index (χ0n) is 16.5. The molecule has 0 amide bonds. The summed E-state index contributed by atoms with van der Waals surface area (Å²) in [7, 11) is -2.89. The maximum atomic E-state index is 12.9. The van der Waals surface area contributed by atoms with E-state index in [-0.39, 0.29) is 22.2 Å². The van der Waals surface area contributed by atoms with Crippen LogP contribution in [0.5, 0.6) is 17.2 Å². The summed E-state index contributed by atoms with van der Waals surface area (Å²) in [6, 6.07) is 8.56. The van der Waals surface area contributed by atoms with Gasteiger partial charge < -0.3 is 14.2 Å². The predicted molar refractivity (Wildman–Crippen MR) is 110 cm³/mol. The lowest BCUT2D eigenvalue weighted by atomic mass is 10.1. The fourth-order valence-corrected chi connectivity index (χ4v) is 4.25. The van der Waals surface area contributed by atoms with Crippen molar-refractivity contribution < 1.29 is 27.6 Å². The Morgan fingerprint density at radius 2 is 1.90 bits per heavy atom. The Morgan fingerprint density at radius 3 is 2.61 bits per heavy atom. The minimum Gasteiger partial charge on any atom is -0.490 e. The van der Waals surface area contributed by atoms with Crippen molar-refractivity contribution >= 4 is 21.5 Å². The Morgan fingerprint density at radius 1 is 1.16 bits per heavy atom. The molecule has 0 bridgehead atoms. The summed E-state index contributed by atoms with van der Waals surface area (Å²) < 4.78 is 44.4. The van der Waals surface area contributed by atoms with Crippen molar-refractivity contribution in [3.8, 4) is 28.4 Å². The van der Waals surface area contributed by atoms with Crippen LogP contribution in [0.4, 0.5) is 11.5 Å². The van der Waals surface area contributed by atoms with E-state index in [1.165, 1.54) is 7.11 Å². The normalized spacial score (nSPS) is 13.0. The lowest BCUT2D eigenvalue weighted by Gasteiger charge is -2.19. The van der Waals surface area contributed by atoms with Crippen LogP contribution in [0.25, 0.3) is 11.1 Å². The molecule has 0 unspecified atom stereocenters. The highest BCUT2D eigenvalue weighted by molar-refractivity contribution is 7.92. The molecule has 0 radical (unpaired) electrons. The number of methoxy groups -OCH3 is 1. The van der Waals surface area contributed by atoms with Crippen molar-refractivity contribution in [1.29, 1.82) is 0 Å². The molecule has 0 saturated carbocycles. The van der Waals surface area contributed by atoms with E-state index in [4.69, 9.17) is 14.2 Å². The van der Waals surface area contributed by atoms with E-state index in [9.17, 15) is 18.5 Å². The predicted octanol–water partition coefficient (Wildman–Crippen LogP) is 2.87. The number of nitrogens with one attached hydrogen (secondary N) is 2. The second kappa shape index (κ2) is 7.80. The molecule has 4 rings (SSSR count). The van der Waals surface area contributed by atoms with Crippen molar-refractivity contribution in [2.24, 2.45) is 0 Å². The standard InChI is InChI=1S/C19H18N4O7S/c1-11-18(12-3-6-15-17(9-12)30-8-7-29-15)19(21-20-11)22-31(26,27)13-4-5-14(23(24)25)16(10-13)28-2/h3-6,9-10H,7-8H2,1-2H3,(H2,20,21,22). The van der Waals surface area contributed by atoms with Gasteiger partial charge in [0, 0.05) is 23.4 Å². The van der Waals surface area contributed by atoms with E-state index in [1.807, 2.05) is 0 Å². The Hall–Kier alpha value is -3.80. The molecule has 0 atom stereocenters. The molecule has 11 nitrogen and oxygen atoms in total. The summed E-state index contributed by atoms with van der Waals surface area (Å²) in [6.07, 6.45) is 0. The van der Waals surface area contributed by atoms with Crippen molar-refractivity contribution in [2.75, 3.05) is 25.0 Å². The summed E-state index contributed by atoms with van der Waals surface area (Å²) in [5.74, 6) is 1.07. The third-order valence-electron chi connectivity index (χ3n) is 4.67. The van der Waals surface area contributed by atoms with Gasteiger partial charge in [-0.1, -0.05) is 6.07 Å². The van der Waals surface area contributed by atoms with Crippen molar-refractivity contribution in [3.05, 3.63) is 52.2 Å². The largest absolute Gasteiger partial charge is 0.490 e. The number of H-pyrrole nitrogens is 1. The number of rotatable bonds is 6. The van der Waals surface area contributed by atoms with Crippen LogP contribution in [-0.2, 0) is 10.0 Å². The Balaban J connectivity index is 1.70. The molecule has 162 valence electrons. The Kier molecular flexibility index (Phi) is 5.15. The number of aryl methyl sites for hydroxylation is 1. The highest BCUT2D eigenvalue weighted by Gasteiger charge is 2.25. The van der Waals surface area contributed by atoms with E-state index in [0.717, 1.165) is 18.2 Å². The number of anilines is 1. The molecule has 31 heavy (non-hydrogen) atoms. The molecular formula is C19H18N4O7S. The average molecular weight is 446 g/mol. The SMILES string of the molecule is COc1cc(S(=O)(=O)Nc2n[nH]c(C)c2-c2ccc3c(c2)OCCO3)ccc1[N+](=O)[O-]. The molecule has 1 aromatic heterocycles. The van der Waals surface area contributed by atoms with E-state index >= 15 is 0 Å². The van der Waals surface area contributed by atoms with Gasteiger partial charge >= 0.3 is 5.69 Å². The molecule has 3 aromatic rings. The number of ether oxygens (including phenoxy) is 3. The first kappa shape index (κ1) is 20.5. The van der Waals surface area contributed by atoms with Gasteiger partial charge in [0.15, 0.2) is 23.1 Å². The zero-order valence-corrected chi connectivity index (χ0v) is 17.4. The Labute approximate surface area is 177 Å². The summed E-state index contributed by atoms with van der Waals surface area (Å²) >= 11 is 0. The van der Waals surface area contributed by atoms with Crippen LogP contribution in [0, 0.1) is 17.0 Å². The van der Waals surface area contributed by atoms with Gasteiger partial charge in [-0.25, -0.2) is 8.42 Å². The number of nitro groups is 1. The van der Waals surface area contributed by atoms with Gasteiger partial charge in [0.1, 0.15) is 13.2 Å².